The van der Waals surface area contributed by atoms with Crippen molar-refractivity contribution < 1.29 is 0 Å². The molecule has 0 saturated heterocycles. The highest BCUT2D eigenvalue weighted by Crippen LogP contribution is 2.40. The average Bonchev–Trinajstić information content (AvgIpc) is 2.31. The van der Waals surface area contributed by atoms with Crippen LogP contribution in [0.3, 0.4) is 0 Å². The molecule has 1 aromatic heterocycles. The Morgan fingerprint density at radius 2 is 2.00 bits per heavy atom. The van der Waals surface area contributed by atoms with Gasteiger partial charge >= 0.3 is 0 Å². The van der Waals surface area contributed by atoms with Gasteiger partial charge in [-0.1, -0.05) is 20.8 Å². The van der Waals surface area contributed by atoms with Crippen molar-refractivity contribution in [1.29, 1.82) is 0 Å². The standard InChI is InChI=1S/C9H12Br2S/c1-4-9(2,3)6-5-7(10)12-8(6)11/h5H,4H2,1-3H3. The van der Waals surface area contributed by atoms with Gasteiger partial charge in [-0.15, -0.1) is 11.3 Å². The molecule has 0 saturated carbocycles. The Morgan fingerprint density at radius 1 is 1.42 bits per heavy atom. The van der Waals surface area contributed by atoms with Crippen LogP contribution in [0.5, 0.6) is 0 Å². The van der Waals surface area contributed by atoms with Gasteiger partial charge in [0.25, 0.3) is 0 Å². The minimum Gasteiger partial charge on any atom is -0.121 e. The van der Waals surface area contributed by atoms with Crippen LogP contribution in [0.4, 0.5) is 0 Å². The van der Waals surface area contributed by atoms with Gasteiger partial charge in [0.1, 0.15) is 0 Å². The molecule has 1 heterocycles. The number of halogens is 2. The van der Waals surface area contributed by atoms with Crippen LogP contribution in [0.15, 0.2) is 13.6 Å². The molecule has 0 N–H and O–H groups in total. The zero-order chi connectivity index (χ0) is 9.35. The fourth-order valence-electron chi connectivity index (χ4n) is 0.992. The molecule has 0 fully saturated rings. The van der Waals surface area contributed by atoms with Gasteiger partial charge in [0.05, 0.1) is 7.57 Å². The molecule has 0 atom stereocenters. The summed E-state index contributed by atoms with van der Waals surface area (Å²) in [6.45, 7) is 6.76. The van der Waals surface area contributed by atoms with Crippen LogP contribution in [0.2, 0.25) is 0 Å². The number of hydrogen-bond donors (Lipinski definition) is 0. The molecule has 1 rings (SSSR count). The molecule has 3 heteroatoms. The smallest absolute Gasteiger partial charge is 0.0747 e. The van der Waals surface area contributed by atoms with E-state index in [-0.39, 0.29) is 5.41 Å². The Balaban J connectivity index is 3.09. The van der Waals surface area contributed by atoms with Gasteiger partial charge < -0.3 is 0 Å². The van der Waals surface area contributed by atoms with Crippen molar-refractivity contribution in [2.45, 2.75) is 32.6 Å². The summed E-state index contributed by atoms with van der Waals surface area (Å²) in [7, 11) is 0. The molecule has 0 amide bonds. The van der Waals surface area contributed by atoms with Crippen molar-refractivity contribution in [3.8, 4) is 0 Å². The van der Waals surface area contributed by atoms with E-state index >= 15 is 0 Å². The molecule has 0 nitrogen and oxygen atoms in total. The van der Waals surface area contributed by atoms with Crippen LogP contribution < -0.4 is 0 Å². The summed E-state index contributed by atoms with van der Waals surface area (Å²) in [6, 6.07) is 2.21. The van der Waals surface area contributed by atoms with Crippen LogP contribution in [-0.4, -0.2) is 0 Å². The molecule has 0 bridgehead atoms. The van der Waals surface area contributed by atoms with E-state index in [9.17, 15) is 0 Å². The Bertz CT molecular complexity index is 276. The highest BCUT2D eigenvalue weighted by Gasteiger charge is 2.22. The lowest BCUT2D eigenvalue weighted by Gasteiger charge is -2.21. The third-order valence-corrected chi connectivity index (χ3v) is 4.61. The first-order chi connectivity index (χ1) is 5.47. The molecule has 68 valence electrons. The van der Waals surface area contributed by atoms with Gasteiger partial charge in [-0.2, -0.15) is 0 Å². The van der Waals surface area contributed by atoms with Crippen molar-refractivity contribution >= 4 is 43.2 Å². The Morgan fingerprint density at radius 3 is 2.33 bits per heavy atom. The Hall–Kier alpha value is 0.660. The van der Waals surface area contributed by atoms with Crippen LogP contribution in [-0.2, 0) is 5.41 Å². The van der Waals surface area contributed by atoms with E-state index in [4.69, 9.17) is 0 Å². The van der Waals surface area contributed by atoms with Crippen molar-refractivity contribution in [3.63, 3.8) is 0 Å². The Kier molecular flexibility index (Phi) is 3.41. The van der Waals surface area contributed by atoms with E-state index in [1.54, 1.807) is 11.3 Å². The minimum atomic E-state index is 0.279. The molecule has 0 aliphatic carbocycles. The minimum absolute atomic E-state index is 0.279. The summed E-state index contributed by atoms with van der Waals surface area (Å²) in [5.41, 5.74) is 1.68. The summed E-state index contributed by atoms with van der Waals surface area (Å²) >= 11 is 8.82. The number of hydrogen-bond acceptors (Lipinski definition) is 1. The lowest BCUT2D eigenvalue weighted by Crippen LogP contribution is -2.14. The average molecular weight is 312 g/mol. The van der Waals surface area contributed by atoms with Crippen LogP contribution in [0, 0.1) is 0 Å². The van der Waals surface area contributed by atoms with E-state index in [0.29, 0.717) is 0 Å². The molecular weight excluding hydrogens is 300 g/mol. The van der Waals surface area contributed by atoms with Crippen LogP contribution in [0.25, 0.3) is 0 Å². The lowest BCUT2D eigenvalue weighted by molar-refractivity contribution is 0.506. The molecule has 12 heavy (non-hydrogen) atoms. The fraction of sp³-hybridized carbons (Fsp3) is 0.556. The SMILES string of the molecule is CCC(C)(C)c1cc(Br)sc1Br. The third-order valence-electron chi connectivity index (χ3n) is 2.27. The van der Waals surface area contributed by atoms with E-state index in [2.05, 4.69) is 58.7 Å². The predicted octanol–water partition coefficient (Wildman–Crippen LogP) is 4.96. The monoisotopic (exact) mass is 310 g/mol. The summed E-state index contributed by atoms with van der Waals surface area (Å²) in [4.78, 5) is 0. The van der Waals surface area contributed by atoms with Crippen molar-refractivity contribution in [2.75, 3.05) is 0 Å². The van der Waals surface area contributed by atoms with Gasteiger partial charge in [-0.05, 0) is 55.3 Å². The van der Waals surface area contributed by atoms with Crippen molar-refractivity contribution in [1.82, 2.24) is 0 Å². The molecule has 0 spiro atoms. The normalized spacial score (nSPS) is 12.1. The molecular formula is C9H12Br2S. The number of thiophene rings is 1. The maximum absolute atomic E-state index is 3.58. The third kappa shape index (κ3) is 2.12. The fourth-order valence-corrected chi connectivity index (χ4v) is 4.33. The van der Waals surface area contributed by atoms with Gasteiger partial charge in [0.2, 0.25) is 0 Å². The lowest BCUT2D eigenvalue weighted by atomic mass is 9.84. The molecule has 0 radical (unpaired) electrons. The second kappa shape index (κ2) is 3.81. The quantitative estimate of drug-likeness (QED) is 0.724. The topological polar surface area (TPSA) is 0 Å². The summed E-state index contributed by atoms with van der Waals surface area (Å²) in [5.74, 6) is 0. The maximum atomic E-state index is 3.58. The van der Waals surface area contributed by atoms with E-state index < -0.39 is 0 Å². The molecule has 0 aliphatic rings. The summed E-state index contributed by atoms with van der Waals surface area (Å²) in [5, 5.41) is 0. The molecule has 0 aliphatic heterocycles. The van der Waals surface area contributed by atoms with Crippen LogP contribution in [0.1, 0.15) is 32.8 Å². The number of rotatable bonds is 2. The first-order valence-corrected chi connectivity index (χ1v) is 6.33. The Labute approximate surface area is 94.6 Å². The van der Waals surface area contributed by atoms with E-state index in [0.717, 1.165) is 6.42 Å². The maximum Gasteiger partial charge on any atom is 0.0747 e. The predicted molar refractivity (Wildman–Crippen MR) is 63.0 cm³/mol. The highest BCUT2D eigenvalue weighted by atomic mass is 79.9. The second-order valence-corrected chi connectivity index (χ2v) is 7.22. The molecule has 0 aromatic carbocycles. The largest absolute Gasteiger partial charge is 0.121 e. The first kappa shape index (κ1) is 10.7. The van der Waals surface area contributed by atoms with E-state index in [1.165, 1.54) is 13.1 Å². The zero-order valence-corrected chi connectivity index (χ0v) is 11.4. The zero-order valence-electron chi connectivity index (χ0n) is 7.45. The van der Waals surface area contributed by atoms with Gasteiger partial charge in [0, 0.05) is 0 Å². The molecule has 0 unspecified atom stereocenters. The van der Waals surface area contributed by atoms with Gasteiger partial charge in [0.15, 0.2) is 0 Å². The highest BCUT2D eigenvalue weighted by molar-refractivity contribution is 9.12. The molecule has 1 aromatic rings. The van der Waals surface area contributed by atoms with Crippen molar-refractivity contribution in [3.05, 3.63) is 19.2 Å². The summed E-state index contributed by atoms with van der Waals surface area (Å²) < 4.78 is 2.45. The van der Waals surface area contributed by atoms with Crippen LogP contribution >= 0.6 is 43.2 Å². The first-order valence-electron chi connectivity index (χ1n) is 3.92. The van der Waals surface area contributed by atoms with Gasteiger partial charge in [-0.25, -0.2) is 0 Å². The van der Waals surface area contributed by atoms with Crippen molar-refractivity contribution in [2.24, 2.45) is 0 Å². The van der Waals surface area contributed by atoms with Gasteiger partial charge in [-0.3, -0.25) is 0 Å². The van der Waals surface area contributed by atoms with E-state index in [1.807, 2.05) is 0 Å². The second-order valence-electron chi connectivity index (χ2n) is 3.48. The summed E-state index contributed by atoms with van der Waals surface area (Å²) in [6.07, 6.45) is 1.16.